The molecule has 0 aromatic heterocycles. The van der Waals surface area contributed by atoms with E-state index in [0.29, 0.717) is 6.04 Å². The number of likely N-dealkylation sites (tertiary alicyclic amines) is 1. The maximum atomic E-state index is 6.00. The van der Waals surface area contributed by atoms with Gasteiger partial charge in [0.05, 0.1) is 0 Å². The average molecular weight is 224 g/mol. The van der Waals surface area contributed by atoms with Crippen LogP contribution in [-0.2, 0) is 0 Å². The van der Waals surface area contributed by atoms with Crippen molar-refractivity contribution in [3.63, 3.8) is 0 Å². The normalized spacial score (nSPS) is 41.4. The summed E-state index contributed by atoms with van der Waals surface area (Å²) < 4.78 is 0. The molecule has 1 heterocycles. The summed E-state index contributed by atoms with van der Waals surface area (Å²) in [4.78, 5) is 2.77. The van der Waals surface area contributed by atoms with Gasteiger partial charge in [-0.2, -0.15) is 0 Å². The van der Waals surface area contributed by atoms with Crippen LogP contribution in [0.5, 0.6) is 0 Å². The Morgan fingerprint density at radius 2 is 2.00 bits per heavy atom. The summed E-state index contributed by atoms with van der Waals surface area (Å²) in [5.74, 6) is 1.75. The topological polar surface area (TPSA) is 29.3 Å². The highest BCUT2D eigenvalue weighted by molar-refractivity contribution is 4.92. The summed E-state index contributed by atoms with van der Waals surface area (Å²) in [7, 11) is 0. The minimum absolute atomic E-state index is 0.658. The summed E-state index contributed by atoms with van der Waals surface area (Å²) >= 11 is 0. The molecule has 2 N–H and O–H groups in total. The molecule has 0 amide bonds. The van der Waals surface area contributed by atoms with Crippen LogP contribution in [0.15, 0.2) is 0 Å². The molecule has 1 aliphatic heterocycles. The minimum Gasteiger partial charge on any atom is -0.329 e. The standard InChI is InChI=1S/C14H28N2/c1-3-12-7-4-8-13(12)16-9-5-6-11(2)14(16)10-15/h11-14H,3-10,15H2,1-2H3. The molecule has 16 heavy (non-hydrogen) atoms. The van der Waals surface area contributed by atoms with E-state index in [9.17, 15) is 0 Å². The maximum absolute atomic E-state index is 6.00. The van der Waals surface area contributed by atoms with Crippen LogP contribution in [0.4, 0.5) is 0 Å². The minimum atomic E-state index is 0.658. The zero-order valence-corrected chi connectivity index (χ0v) is 11.0. The van der Waals surface area contributed by atoms with Crippen molar-refractivity contribution in [3.8, 4) is 0 Å². The van der Waals surface area contributed by atoms with Gasteiger partial charge in [-0.3, -0.25) is 4.90 Å². The van der Waals surface area contributed by atoms with Crippen LogP contribution in [0.25, 0.3) is 0 Å². The molecule has 0 radical (unpaired) electrons. The molecular formula is C14H28N2. The van der Waals surface area contributed by atoms with Crippen LogP contribution in [0, 0.1) is 11.8 Å². The van der Waals surface area contributed by atoms with Crippen LogP contribution in [0.1, 0.15) is 52.4 Å². The Balaban J connectivity index is 2.05. The highest BCUT2D eigenvalue weighted by atomic mass is 15.2. The van der Waals surface area contributed by atoms with Gasteiger partial charge in [0.1, 0.15) is 0 Å². The van der Waals surface area contributed by atoms with Gasteiger partial charge in [0, 0.05) is 18.6 Å². The Labute approximate surface area is 101 Å². The number of hydrogen-bond acceptors (Lipinski definition) is 2. The number of nitrogens with two attached hydrogens (primary N) is 1. The van der Waals surface area contributed by atoms with E-state index in [0.717, 1.165) is 24.4 Å². The van der Waals surface area contributed by atoms with Gasteiger partial charge < -0.3 is 5.73 Å². The number of nitrogens with zero attached hydrogens (tertiary/aromatic N) is 1. The average Bonchev–Trinajstić information content (AvgIpc) is 2.76. The second kappa shape index (κ2) is 5.50. The van der Waals surface area contributed by atoms with Crippen molar-refractivity contribution in [1.82, 2.24) is 4.90 Å². The van der Waals surface area contributed by atoms with Gasteiger partial charge in [-0.25, -0.2) is 0 Å². The second-order valence-corrected chi connectivity index (χ2v) is 5.83. The van der Waals surface area contributed by atoms with Gasteiger partial charge >= 0.3 is 0 Å². The summed E-state index contributed by atoms with van der Waals surface area (Å²) in [6.07, 6.45) is 8.41. The van der Waals surface area contributed by atoms with Crippen molar-refractivity contribution >= 4 is 0 Å². The Morgan fingerprint density at radius 3 is 2.69 bits per heavy atom. The van der Waals surface area contributed by atoms with Crippen molar-refractivity contribution in [3.05, 3.63) is 0 Å². The van der Waals surface area contributed by atoms with E-state index >= 15 is 0 Å². The van der Waals surface area contributed by atoms with Crippen molar-refractivity contribution in [2.24, 2.45) is 17.6 Å². The first-order valence-corrected chi connectivity index (χ1v) is 7.23. The number of rotatable bonds is 3. The lowest BCUT2D eigenvalue weighted by molar-refractivity contribution is 0.0443. The molecule has 0 bridgehead atoms. The SMILES string of the molecule is CCC1CCCC1N1CCCC(C)C1CN. The third-order valence-electron chi connectivity index (χ3n) is 4.97. The zero-order chi connectivity index (χ0) is 11.5. The van der Waals surface area contributed by atoms with E-state index in [1.54, 1.807) is 0 Å². The Morgan fingerprint density at radius 1 is 1.19 bits per heavy atom. The molecule has 0 spiro atoms. The van der Waals surface area contributed by atoms with Gasteiger partial charge in [0.25, 0.3) is 0 Å². The van der Waals surface area contributed by atoms with Gasteiger partial charge in [0.15, 0.2) is 0 Å². The van der Waals surface area contributed by atoms with E-state index in [1.807, 2.05) is 0 Å². The van der Waals surface area contributed by atoms with Crippen molar-refractivity contribution in [1.29, 1.82) is 0 Å². The molecule has 2 heteroatoms. The van der Waals surface area contributed by atoms with Crippen LogP contribution in [-0.4, -0.2) is 30.1 Å². The largest absolute Gasteiger partial charge is 0.329 e. The fraction of sp³-hybridized carbons (Fsp3) is 1.00. The molecule has 4 atom stereocenters. The molecular weight excluding hydrogens is 196 g/mol. The first-order valence-electron chi connectivity index (χ1n) is 7.23. The Hall–Kier alpha value is -0.0800. The van der Waals surface area contributed by atoms with Crippen LogP contribution in [0.2, 0.25) is 0 Å². The highest BCUT2D eigenvalue weighted by Gasteiger charge is 2.37. The smallest absolute Gasteiger partial charge is 0.0247 e. The van der Waals surface area contributed by atoms with Gasteiger partial charge in [0.2, 0.25) is 0 Å². The lowest BCUT2D eigenvalue weighted by atomic mass is 9.87. The van der Waals surface area contributed by atoms with E-state index in [-0.39, 0.29) is 0 Å². The maximum Gasteiger partial charge on any atom is 0.0247 e. The summed E-state index contributed by atoms with van der Waals surface area (Å²) in [5.41, 5.74) is 6.00. The van der Waals surface area contributed by atoms with Gasteiger partial charge in [-0.05, 0) is 44.1 Å². The molecule has 2 fully saturated rings. The molecule has 1 aliphatic carbocycles. The lowest BCUT2D eigenvalue weighted by Crippen LogP contribution is -2.54. The molecule has 4 unspecified atom stereocenters. The predicted molar refractivity (Wildman–Crippen MR) is 69.4 cm³/mol. The molecule has 2 rings (SSSR count). The molecule has 0 aromatic carbocycles. The van der Waals surface area contributed by atoms with E-state index < -0.39 is 0 Å². The fourth-order valence-corrected chi connectivity index (χ4v) is 3.99. The Bertz CT molecular complexity index is 217. The van der Waals surface area contributed by atoms with Crippen molar-refractivity contribution < 1.29 is 0 Å². The third-order valence-corrected chi connectivity index (χ3v) is 4.97. The Kier molecular flexibility index (Phi) is 4.26. The molecule has 2 aliphatic rings. The van der Waals surface area contributed by atoms with E-state index in [2.05, 4.69) is 18.7 Å². The highest BCUT2D eigenvalue weighted by Crippen LogP contribution is 2.36. The number of piperidine rings is 1. The summed E-state index contributed by atoms with van der Waals surface area (Å²) in [5, 5.41) is 0. The van der Waals surface area contributed by atoms with Crippen LogP contribution in [0.3, 0.4) is 0 Å². The molecule has 1 saturated carbocycles. The van der Waals surface area contributed by atoms with Crippen LogP contribution >= 0.6 is 0 Å². The molecule has 2 nitrogen and oxygen atoms in total. The quantitative estimate of drug-likeness (QED) is 0.798. The fourth-order valence-electron chi connectivity index (χ4n) is 3.99. The number of hydrogen-bond donors (Lipinski definition) is 1. The second-order valence-electron chi connectivity index (χ2n) is 5.83. The van der Waals surface area contributed by atoms with Gasteiger partial charge in [-0.15, -0.1) is 0 Å². The van der Waals surface area contributed by atoms with E-state index in [4.69, 9.17) is 5.73 Å². The summed E-state index contributed by atoms with van der Waals surface area (Å²) in [6.45, 7) is 6.90. The monoisotopic (exact) mass is 224 g/mol. The zero-order valence-electron chi connectivity index (χ0n) is 11.0. The van der Waals surface area contributed by atoms with E-state index in [1.165, 1.54) is 45.1 Å². The first-order chi connectivity index (χ1) is 7.77. The predicted octanol–water partition coefficient (Wildman–Crippen LogP) is 2.62. The van der Waals surface area contributed by atoms with Crippen molar-refractivity contribution in [2.45, 2.75) is 64.5 Å². The van der Waals surface area contributed by atoms with Crippen LogP contribution < -0.4 is 5.73 Å². The van der Waals surface area contributed by atoms with Gasteiger partial charge in [-0.1, -0.05) is 26.7 Å². The third kappa shape index (κ3) is 2.28. The summed E-state index contributed by atoms with van der Waals surface area (Å²) in [6, 6.07) is 1.51. The molecule has 94 valence electrons. The molecule has 0 aromatic rings. The molecule has 1 saturated heterocycles. The lowest BCUT2D eigenvalue weighted by Gasteiger charge is -2.45. The first kappa shape index (κ1) is 12.4. The van der Waals surface area contributed by atoms with Crippen molar-refractivity contribution in [2.75, 3.05) is 13.1 Å².